The van der Waals surface area contributed by atoms with Crippen LogP contribution in [0.4, 0.5) is 11.8 Å². The van der Waals surface area contributed by atoms with Gasteiger partial charge in [0.15, 0.2) is 0 Å². The summed E-state index contributed by atoms with van der Waals surface area (Å²) in [5.74, 6) is 1.13. The maximum Gasteiger partial charge on any atom is 0.221 e. The lowest BCUT2D eigenvalue weighted by Crippen LogP contribution is -2.31. The fraction of sp³-hybridized carbons (Fsp3) is 0.636. The molecule has 0 saturated carbocycles. The summed E-state index contributed by atoms with van der Waals surface area (Å²) < 4.78 is 0. The Morgan fingerprint density at radius 2 is 2.19 bits per heavy atom. The van der Waals surface area contributed by atoms with Gasteiger partial charge in [0.05, 0.1) is 0 Å². The number of aryl methyl sites for hydroxylation is 1. The fourth-order valence-corrected chi connectivity index (χ4v) is 1.24. The Kier molecular flexibility index (Phi) is 4.49. The van der Waals surface area contributed by atoms with Gasteiger partial charge in [0.25, 0.3) is 0 Å². The molecule has 1 rings (SSSR count). The molecule has 0 aliphatic rings. The molecule has 0 aliphatic heterocycles. The lowest BCUT2D eigenvalue weighted by Gasteiger charge is -2.21. The maximum absolute atomic E-state index is 5.53. The molecule has 3 N–H and O–H groups in total. The van der Waals surface area contributed by atoms with Crippen LogP contribution >= 0.6 is 0 Å². The van der Waals surface area contributed by atoms with E-state index in [0.29, 0.717) is 12.0 Å². The molecule has 5 heteroatoms. The number of anilines is 2. The van der Waals surface area contributed by atoms with E-state index in [4.69, 9.17) is 5.73 Å². The van der Waals surface area contributed by atoms with Crippen molar-refractivity contribution in [2.75, 3.05) is 31.2 Å². The van der Waals surface area contributed by atoms with E-state index in [1.807, 2.05) is 6.92 Å². The molecule has 0 atom stereocenters. The molecule has 0 amide bonds. The smallest absolute Gasteiger partial charge is 0.221 e. The molecular weight excluding hydrogens is 202 g/mol. The van der Waals surface area contributed by atoms with Crippen LogP contribution in [0.15, 0.2) is 6.20 Å². The molecule has 1 heterocycles. The van der Waals surface area contributed by atoms with Crippen molar-refractivity contribution in [3.8, 4) is 0 Å². The zero-order valence-electron chi connectivity index (χ0n) is 10.5. The highest BCUT2D eigenvalue weighted by Crippen LogP contribution is 2.10. The zero-order chi connectivity index (χ0) is 12.1. The minimum absolute atomic E-state index is 0.310. The summed E-state index contributed by atoms with van der Waals surface area (Å²) in [7, 11) is 2.10. The highest BCUT2D eigenvalue weighted by molar-refractivity contribution is 5.44. The van der Waals surface area contributed by atoms with Gasteiger partial charge in [0.1, 0.15) is 5.82 Å². The Morgan fingerprint density at radius 1 is 1.50 bits per heavy atom. The minimum atomic E-state index is 0.310. The first kappa shape index (κ1) is 12.7. The van der Waals surface area contributed by atoms with E-state index >= 15 is 0 Å². The molecule has 0 saturated heterocycles. The Hall–Kier alpha value is -1.36. The van der Waals surface area contributed by atoms with E-state index in [-0.39, 0.29) is 0 Å². The second kappa shape index (κ2) is 5.65. The summed E-state index contributed by atoms with van der Waals surface area (Å²) in [5.41, 5.74) is 6.55. The molecule has 1 aromatic rings. The summed E-state index contributed by atoms with van der Waals surface area (Å²) in [6.45, 7) is 8.14. The third-order valence-corrected chi connectivity index (χ3v) is 2.63. The van der Waals surface area contributed by atoms with Gasteiger partial charge in [-0.15, -0.1) is 0 Å². The first-order valence-corrected chi connectivity index (χ1v) is 5.54. The monoisotopic (exact) mass is 223 g/mol. The SMILES string of the molecule is Cc1cnc(N)nc1NCCN(C)C(C)C. The van der Waals surface area contributed by atoms with Gasteiger partial charge in [-0.1, -0.05) is 0 Å². The van der Waals surface area contributed by atoms with E-state index in [1.165, 1.54) is 0 Å². The van der Waals surface area contributed by atoms with Gasteiger partial charge in [-0.05, 0) is 27.8 Å². The number of rotatable bonds is 5. The van der Waals surface area contributed by atoms with Crippen LogP contribution in [-0.2, 0) is 0 Å². The lowest BCUT2D eigenvalue weighted by atomic mass is 10.3. The Bertz CT molecular complexity index is 337. The van der Waals surface area contributed by atoms with Gasteiger partial charge in [-0.3, -0.25) is 0 Å². The van der Waals surface area contributed by atoms with Crippen molar-refractivity contribution in [3.63, 3.8) is 0 Å². The molecule has 0 bridgehead atoms. The number of aromatic nitrogens is 2. The predicted molar refractivity (Wildman–Crippen MR) is 67.4 cm³/mol. The van der Waals surface area contributed by atoms with E-state index in [2.05, 4.69) is 41.1 Å². The minimum Gasteiger partial charge on any atom is -0.368 e. The van der Waals surface area contributed by atoms with Gasteiger partial charge in [-0.2, -0.15) is 4.98 Å². The van der Waals surface area contributed by atoms with Crippen LogP contribution in [0.2, 0.25) is 0 Å². The average Bonchev–Trinajstić information content (AvgIpc) is 2.22. The molecule has 0 aromatic carbocycles. The zero-order valence-corrected chi connectivity index (χ0v) is 10.5. The van der Waals surface area contributed by atoms with Gasteiger partial charge >= 0.3 is 0 Å². The van der Waals surface area contributed by atoms with Crippen molar-refractivity contribution in [3.05, 3.63) is 11.8 Å². The Labute approximate surface area is 97.1 Å². The molecule has 0 spiro atoms. The molecular formula is C11H21N5. The van der Waals surface area contributed by atoms with E-state index < -0.39 is 0 Å². The van der Waals surface area contributed by atoms with Crippen molar-refractivity contribution in [2.24, 2.45) is 0 Å². The predicted octanol–water partition coefficient (Wildman–Crippen LogP) is 1.12. The fourth-order valence-electron chi connectivity index (χ4n) is 1.24. The number of hydrogen-bond acceptors (Lipinski definition) is 5. The molecule has 0 radical (unpaired) electrons. The number of likely N-dealkylation sites (N-methyl/N-ethyl adjacent to an activating group) is 1. The van der Waals surface area contributed by atoms with Crippen LogP contribution in [0, 0.1) is 6.92 Å². The summed E-state index contributed by atoms with van der Waals surface area (Å²) >= 11 is 0. The van der Waals surface area contributed by atoms with Crippen LogP contribution in [0.3, 0.4) is 0 Å². The standard InChI is InChI=1S/C11H21N5/c1-8(2)16(4)6-5-13-10-9(3)7-14-11(12)15-10/h7-8H,5-6H2,1-4H3,(H3,12,13,14,15). The Morgan fingerprint density at radius 3 is 2.81 bits per heavy atom. The molecule has 0 aliphatic carbocycles. The first-order chi connectivity index (χ1) is 7.50. The summed E-state index contributed by atoms with van der Waals surface area (Å²) in [6.07, 6.45) is 1.73. The maximum atomic E-state index is 5.53. The number of nitrogen functional groups attached to an aromatic ring is 1. The Balaban J connectivity index is 2.45. The van der Waals surface area contributed by atoms with Crippen molar-refractivity contribution in [1.29, 1.82) is 0 Å². The molecule has 5 nitrogen and oxygen atoms in total. The van der Waals surface area contributed by atoms with Crippen LogP contribution in [0.5, 0.6) is 0 Å². The van der Waals surface area contributed by atoms with Gasteiger partial charge in [-0.25, -0.2) is 4.98 Å². The normalized spacial score (nSPS) is 11.1. The van der Waals surface area contributed by atoms with Crippen LogP contribution < -0.4 is 11.1 Å². The molecule has 0 fully saturated rings. The summed E-state index contributed by atoms with van der Waals surface area (Å²) in [4.78, 5) is 10.3. The van der Waals surface area contributed by atoms with Crippen molar-refractivity contribution in [2.45, 2.75) is 26.8 Å². The van der Waals surface area contributed by atoms with E-state index in [1.54, 1.807) is 6.20 Å². The largest absolute Gasteiger partial charge is 0.368 e. The van der Waals surface area contributed by atoms with Gasteiger partial charge < -0.3 is 16.0 Å². The van der Waals surface area contributed by atoms with Crippen LogP contribution in [0.1, 0.15) is 19.4 Å². The van der Waals surface area contributed by atoms with Crippen molar-refractivity contribution >= 4 is 11.8 Å². The summed E-state index contributed by atoms with van der Waals surface area (Å²) in [6, 6.07) is 0.554. The highest BCUT2D eigenvalue weighted by atomic mass is 15.1. The molecule has 1 aromatic heterocycles. The molecule has 16 heavy (non-hydrogen) atoms. The van der Waals surface area contributed by atoms with Gasteiger partial charge in [0.2, 0.25) is 5.95 Å². The first-order valence-electron chi connectivity index (χ1n) is 5.54. The second-order valence-corrected chi connectivity index (χ2v) is 4.26. The molecule has 0 unspecified atom stereocenters. The third-order valence-electron chi connectivity index (χ3n) is 2.63. The quantitative estimate of drug-likeness (QED) is 0.783. The van der Waals surface area contributed by atoms with Crippen LogP contribution in [-0.4, -0.2) is 41.0 Å². The lowest BCUT2D eigenvalue weighted by molar-refractivity contribution is 0.284. The average molecular weight is 223 g/mol. The van der Waals surface area contributed by atoms with Gasteiger partial charge in [0, 0.05) is 30.9 Å². The second-order valence-electron chi connectivity index (χ2n) is 4.26. The van der Waals surface area contributed by atoms with E-state index in [9.17, 15) is 0 Å². The summed E-state index contributed by atoms with van der Waals surface area (Å²) in [5, 5.41) is 3.27. The van der Waals surface area contributed by atoms with Crippen LogP contribution in [0.25, 0.3) is 0 Å². The number of nitrogens with one attached hydrogen (secondary N) is 1. The number of nitrogens with two attached hydrogens (primary N) is 1. The van der Waals surface area contributed by atoms with Crippen molar-refractivity contribution < 1.29 is 0 Å². The van der Waals surface area contributed by atoms with Crippen molar-refractivity contribution in [1.82, 2.24) is 14.9 Å². The number of hydrogen-bond donors (Lipinski definition) is 2. The number of nitrogens with zero attached hydrogens (tertiary/aromatic N) is 3. The van der Waals surface area contributed by atoms with E-state index in [0.717, 1.165) is 24.5 Å². The topological polar surface area (TPSA) is 67.1 Å². The third kappa shape index (κ3) is 3.66. The highest BCUT2D eigenvalue weighted by Gasteiger charge is 2.04. The molecule has 90 valence electrons.